The molecule has 5 rings (SSSR count). The molecule has 3 heterocycles. The van der Waals surface area contributed by atoms with Crippen molar-refractivity contribution in [2.45, 2.75) is 17.6 Å². The minimum Gasteiger partial charge on any atom is -0.294 e. The lowest BCUT2D eigenvalue weighted by Gasteiger charge is -2.34. The maximum Gasteiger partial charge on any atom is 0.330 e. The van der Waals surface area contributed by atoms with Crippen molar-refractivity contribution >= 4 is 59.6 Å². The van der Waals surface area contributed by atoms with E-state index in [1.54, 1.807) is 11.8 Å². The summed E-state index contributed by atoms with van der Waals surface area (Å²) in [5.41, 5.74) is 3.07. The number of carbonyl (C=O) groups is 1. The molecule has 34 heavy (non-hydrogen) atoms. The fraction of sp³-hybridized carbons (Fsp3) is 0.174. The molecule has 0 aliphatic carbocycles. The summed E-state index contributed by atoms with van der Waals surface area (Å²) >= 11 is 2.38. The lowest BCUT2D eigenvalue weighted by Crippen LogP contribution is -2.49. The second-order valence-electron chi connectivity index (χ2n) is 7.85. The Hall–Kier alpha value is -3.30. The van der Waals surface area contributed by atoms with Crippen LogP contribution < -0.4 is 14.9 Å². The van der Waals surface area contributed by atoms with Crippen LogP contribution in [0.4, 0.5) is 15.6 Å². The molecule has 1 aliphatic rings. The van der Waals surface area contributed by atoms with Crippen LogP contribution in [0, 0.1) is 18.3 Å². The van der Waals surface area contributed by atoms with Gasteiger partial charge in [0.2, 0.25) is 10.0 Å². The van der Waals surface area contributed by atoms with Crippen molar-refractivity contribution in [3.8, 4) is 17.2 Å². The Bertz CT molecular complexity index is 1570. The number of aromatic nitrogens is 1. The number of rotatable bonds is 4. The number of aryl methyl sites for hydroxylation is 1. The molecule has 2 aromatic carbocycles. The number of sulfonamides is 1. The Balaban J connectivity index is 1.43. The molecule has 2 amide bonds. The van der Waals surface area contributed by atoms with E-state index < -0.39 is 10.0 Å². The number of benzene rings is 2. The molecular weight excluding hydrogens is 490 g/mol. The van der Waals surface area contributed by atoms with E-state index in [0.29, 0.717) is 35.2 Å². The van der Waals surface area contributed by atoms with E-state index in [0.717, 1.165) is 38.2 Å². The zero-order valence-corrected chi connectivity index (χ0v) is 20.5. The van der Waals surface area contributed by atoms with Crippen LogP contribution in [0.15, 0.2) is 52.7 Å². The third kappa shape index (κ3) is 3.95. The number of primary sulfonamides is 1. The third-order valence-corrected chi connectivity index (χ3v) is 9.42. The van der Waals surface area contributed by atoms with Gasteiger partial charge in [-0.1, -0.05) is 41.7 Å². The van der Waals surface area contributed by atoms with Crippen molar-refractivity contribution in [3.63, 3.8) is 0 Å². The minimum absolute atomic E-state index is 0.0286. The first-order valence-corrected chi connectivity index (χ1v) is 13.6. The zero-order valence-electron chi connectivity index (χ0n) is 18.1. The molecule has 0 saturated carbocycles. The summed E-state index contributed by atoms with van der Waals surface area (Å²) in [6, 6.07) is 17.6. The summed E-state index contributed by atoms with van der Waals surface area (Å²) < 4.78 is 24.6. The number of fused-ring (bicyclic) bond motifs is 1. The first-order chi connectivity index (χ1) is 16.3. The topological polar surface area (TPSA) is 120 Å². The number of anilines is 2. The van der Waals surface area contributed by atoms with Crippen molar-refractivity contribution in [3.05, 3.63) is 59.1 Å². The third-order valence-electron chi connectivity index (χ3n) is 5.60. The number of carbonyl (C=O) groups excluding carboxylic acids is 1. The normalized spacial score (nSPS) is 14.6. The predicted octanol–water partition coefficient (Wildman–Crippen LogP) is 4.69. The summed E-state index contributed by atoms with van der Waals surface area (Å²) in [5, 5.41) is 15.9. The molecule has 172 valence electrons. The van der Waals surface area contributed by atoms with Crippen molar-refractivity contribution in [2.24, 2.45) is 5.14 Å². The number of nitrogens with two attached hydrogens (primary N) is 1. The van der Waals surface area contributed by atoms with Crippen molar-refractivity contribution in [1.29, 1.82) is 5.26 Å². The number of amides is 2. The average molecular weight is 510 g/mol. The van der Waals surface area contributed by atoms with Gasteiger partial charge in [0.25, 0.3) is 0 Å². The predicted molar refractivity (Wildman–Crippen MR) is 135 cm³/mol. The highest BCUT2D eigenvalue weighted by Crippen LogP contribution is 2.36. The highest BCUT2D eigenvalue weighted by Gasteiger charge is 2.31. The van der Waals surface area contributed by atoms with E-state index in [9.17, 15) is 18.5 Å². The molecule has 11 heteroatoms. The fourth-order valence-corrected chi connectivity index (χ4v) is 7.01. The minimum atomic E-state index is -3.89. The Morgan fingerprint density at radius 3 is 2.50 bits per heavy atom. The number of hydrogen-bond acceptors (Lipinski definition) is 7. The Labute approximate surface area is 204 Å². The second kappa shape index (κ2) is 8.48. The molecule has 1 saturated heterocycles. The summed E-state index contributed by atoms with van der Waals surface area (Å²) in [5.74, 6) is 0. The van der Waals surface area contributed by atoms with Crippen LogP contribution in [0.3, 0.4) is 0 Å². The second-order valence-corrected chi connectivity index (χ2v) is 11.6. The lowest BCUT2D eigenvalue weighted by atomic mass is 10.0. The van der Waals surface area contributed by atoms with Gasteiger partial charge in [0.1, 0.15) is 10.9 Å². The van der Waals surface area contributed by atoms with E-state index in [1.165, 1.54) is 16.2 Å². The monoisotopic (exact) mass is 509 g/mol. The van der Waals surface area contributed by atoms with Gasteiger partial charge in [-0.15, -0.1) is 11.3 Å². The first-order valence-electron chi connectivity index (χ1n) is 10.4. The van der Waals surface area contributed by atoms with Gasteiger partial charge in [-0.3, -0.25) is 9.80 Å². The fourth-order valence-electron chi connectivity index (χ4n) is 4.06. The van der Waals surface area contributed by atoms with Crippen LogP contribution in [-0.2, 0) is 10.0 Å². The van der Waals surface area contributed by atoms with E-state index in [4.69, 9.17) is 5.14 Å². The largest absolute Gasteiger partial charge is 0.330 e. The van der Waals surface area contributed by atoms with Gasteiger partial charge >= 0.3 is 6.03 Å². The molecule has 1 aliphatic heterocycles. The van der Waals surface area contributed by atoms with Gasteiger partial charge in [0, 0.05) is 23.5 Å². The van der Waals surface area contributed by atoms with Crippen molar-refractivity contribution in [1.82, 2.24) is 4.98 Å². The number of thiophene rings is 1. The molecule has 0 spiro atoms. The number of nitrogens with zero attached hydrogens (tertiary/aromatic N) is 4. The van der Waals surface area contributed by atoms with Crippen LogP contribution >= 0.6 is 22.7 Å². The van der Waals surface area contributed by atoms with Crippen LogP contribution in [0.1, 0.15) is 17.0 Å². The molecular formula is C23H19N5O3S3. The first kappa shape index (κ1) is 22.5. The van der Waals surface area contributed by atoms with Crippen LogP contribution in [0.5, 0.6) is 0 Å². The Kier molecular flexibility index (Phi) is 5.61. The molecule has 4 aromatic rings. The highest BCUT2D eigenvalue weighted by atomic mass is 32.2. The highest BCUT2D eigenvalue weighted by molar-refractivity contribution is 7.91. The van der Waals surface area contributed by atoms with Crippen molar-refractivity contribution < 1.29 is 13.2 Å². The standard InChI is InChI=1S/C23H19N5O3S3/c1-14-21(34(25,30)31)33-22(26-14)28-11-3-10-27(23(28)29)17-8-6-15(7-9-17)19-5-2-4-16-12-18(13-24)32-20(16)19/h2,4-9,12H,3,10-11H2,1H3,(H2,25,30,31). The van der Waals surface area contributed by atoms with E-state index in [-0.39, 0.29) is 10.2 Å². The summed E-state index contributed by atoms with van der Waals surface area (Å²) in [7, 11) is -3.89. The van der Waals surface area contributed by atoms with E-state index >= 15 is 0 Å². The van der Waals surface area contributed by atoms with Gasteiger partial charge in [0.05, 0.1) is 5.69 Å². The van der Waals surface area contributed by atoms with Crippen LogP contribution in [-0.4, -0.2) is 32.5 Å². The molecule has 0 bridgehead atoms. The maximum atomic E-state index is 13.3. The van der Waals surface area contributed by atoms with E-state index in [2.05, 4.69) is 11.1 Å². The van der Waals surface area contributed by atoms with E-state index in [1.807, 2.05) is 48.5 Å². The summed E-state index contributed by atoms with van der Waals surface area (Å²) in [6.45, 7) is 2.57. The quantitative estimate of drug-likeness (QED) is 0.428. The molecule has 2 N–H and O–H groups in total. The summed E-state index contributed by atoms with van der Waals surface area (Å²) in [6.07, 6.45) is 0.711. The molecule has 2 aromatic heterocycles. The Morgan fingerprint density at radius 2 is 1.82 bits per heavy atom. The summed E-state index contributed by atoms with van der Waals surface area (Å²) in [4.78, 5) is 21.4. The number of hydrogen-bond donors (Lipinski definition) is 1. The maximum absolute atomic E-state index is 13.3. The number of nitriles is 1. The molecule has 0 unspecified atom stereocenters. The van der Waals surface area contributed by atoms with Gasteiger partial charge in [-0.25, -0.2) is 23.3 Å². The zero-order chi connectivity index (χ0) is 24.0. The molecule has 1 fully saturated rings. The molecule has 0 atom stereocenters. The lowest BCUT2D eigenvalue weighted by molar-refractivity contribution is 0.248. The van der Waals surface area contributed by atoms with Gasteiger partial charge in [-0.05, 0) is 48.1 Å². The van der Waals surface area contributed by atoms with Gasteiger partial charge in [-0.2, -0.15) is 5.26 Å². The average Bonchev–Trinajstić information content (AvgIpc) is 3.42. The SMILES string of the molecule is Cc1nc(N2CCCN(c3ccc(-c4cccc5cc(C#N)sc45)cc3)C2=O)sc1S(N)(=O)=O. The number of thiazole rings is 1. The van der Waals surface area contributed by atoms with Gasteiger partial charge < -0.3 is 0 Å². The smallest absolute Gasteiger partial charge is 0.294 e. The van der Waals surface area contributed by atoms with Gasteiger partial charge in [0.15, 0.2) is 9.34 Å². The molecule has 0 radical (unpaired) electrons. The Morgan fingerprint density at radius 1 is 1.09 bits per heavy atom. The number of urea groups is 1. The van der Waals surface area contributed by atoms with Crippen molar-refractivity contribution in [2.75, 3.05) is 22.9 Å². The van der Waals surface area contributed by atoms with Crippen LogP contribution in [0.25, 0.3) is 21.2 Å². The van der Waals surface area contributed by atoms with Crippen LogP contribution in [0.2, 0.25) is 0 Å². The molecule has 8 nitrogen and oxygen atoms in total.